The van der Waals surface area contributed by atoms with Crippen molar-refractivity contribution in [2.24, 2.45) is 5.41 Å². The summed E-state index contributed by atoms with van der Waals surface area (Å²) in [6.07, 6.45) is 1.95. The van der Waals surface area contributed by atoms with E-state index in [1.165, 1.54) is 0 Å². The maximum atomic E-state index is 9.91. The minimum absolute atomic E-state index is 0.104. The van der Waals surface area contributed by atoms with E-state index in [-0.39, 0.29) is 11.5 Å². The van der Waals surface area contributed by atoms with Gasteiger partial charge in [0.2, 0.25) is 0 Å². The van der Waals surface area contributed by atoms with E-state index < -0.39 is 0 Å². The molecule has 2 aliphatic heterocycles. The van der Waals surface area contributed by atoms with Crippen molar-refractivity contribution in [1.29, 1.82) is 0 Å². The first kappa shape index (κ1) is 8.48. The average Bonchev–Trinajstić information content (AvgIpc) is 2.48. The predicted octanol–water partition coefficient (Wildman–Crippen LogP) is 0.0895. The number of ether oxygens (including phenoxy) is 1. The van der Waals surface area contributed by atoms with Crippen molar-refractivity contribution in [2.45, 2.75) is 18.9 Å². The minimum Gasteiger partial charge on any atom is -0.391 e. The van der Waals surface area contributed by atoms with E-state index in [2.05, 4.69) is 11.9 Å². The van der Waals surface area contributed by atoms with E-state index in [4.69, 9.17) is 4.74 Å². The summed E-state index contributed by atoms with van der Waals surface area (Å²) in [6.45, 7) is 3.51. The van der Waals surface area contributed by atoms with Gasteiger partial charge >= 0.3 is 0 Å². The van der Waals surface area contributed by atoms with Crippen molar-refractivity contribution in [1.82, 2.24) is 4.90 Å². The van der Waals surface area contributed by atoms with Crippen molar-refractivity contribution < 1.29 is 9.84 Å². The number of likely N-dealkylation sites (N-methyl/N-ethyl adjacent to an activating group) is 1. The van der Waals surface area contributed by atoms with E-state index >= 15 is 0 Å². The van der Waals surface area contributed by atoms with Crippen molar-refractivity contribution in [2.75, 3.05) is 33.4 Å². The van der Waals surface area contributed by atoms with Gasteiger partial charge in [-0.2, -0.15) is 0 Å². The Bertz CT molecular complexity index is 166. The third-order valence-corrected chi connectivity index (χ3v) is 3.32. The molecule has 1 N–H and O–H groups in total. The van der Waals surface area contributed by atoms with E-state index in [0.717, 1.165) is 39.1 Å². The third kappa shape index (κ3) is 1.26. The molecule has 2 heterocycles. The zero-order valence-corrected chi connectivity index (χ0v) is 7.62. The van der Waals surface area contributed by atoms with Gasteiger partial charge in [-0.05, 0) is 26.4 Å². The molecule has 70 valence electrons. The smallest absolute Gasteiger partial charge is 0.0746 e. The van der Waals surface area contributed by atoms with Crippen LogP contribution in [0, 0.1) is 5.41 Å². The van der Waals surface area contributed by atoms with Gasteiger partial charge in [0.15, 0.2) is 0 Å². The molecule has 0 saturated carbocycles. The number of hydrogen-bond donors (Lipinski definition) is 1. The molecule has 0 aromatic heterocycles. The first-order valence-electron chi connectivity index (χ1n) is 4.67. The molecule has 1 spiro atoms. The number of aliphatic hydroxyl groups excluding tert-OH is 1. The van der Waals surface area contributed by atoms with Gasteiger partial charge in [-0.3, -0.25) is 0 Å². The molecule has 0 amide bonds. The van der Waals surface area contributed by atoms with Gasteiger partial charge in [0.25, 0.3) is 0 Å². The van der Waals surface area contributed by atoms with Crippen LogP contribution in [0.1, 0.15) is 12.8 Å². The second kappa shape index (κ2) is 2.98. The van der Waals surface area contributed by atoms with Gasteiger partial charge in [0.1, 0.15) is 0 Å². The molecule has 2 fully saturated rings. The highest BCUT2D eigenvalue weighted by atomic mass is 16.5. The Morgan fingerprint density at radius 3 is 2.92 bits per heavy atom. The lowest BCUT2D eigenvalue weighted by Gasteiger charge is -2.41. The predicted molar refractivity (Wildman–Crippen MR) is 46.0 cm³/mol. The number of nitrogens with zero attached hydrogens (tertiary/aromatic N) is 1. The van der Waals surface area contributed by atoms with Gasteiger partial charge in [0, 0.05) is 18.6 Å². The van der Waals surface area contributed by atoms with E-state index in [1.807, 2.05) is 0 Å². The zero-order chi connectivity index (χ0) is 8.60. The van der Waals surface area contributed by atoms with Gasteiger partial charge < -0.3 is 14.7 Å². The lowest BCUT2D eigenvalue weighted by Crippen LogP contribution is -2.49. The fourth-order valence-corrected chi connectivity index (χ4v) is 2.24. The molecule has 12 heavy (non-hydrogen) atoms. The van der Waals surface area contributed by atoms with Gasteiger partial charge in [-0.1, -0.05) is 0 Å². The number of rotatable bonds is 0. The fourth-order valence-electron chi connectivity index (χ4n) is 2.24. The molecule has 2 aliphatic rings. The summed E-state index contributed by atoms with van der Waals surface area (Å²) in [6, 6.07) is 0. The first-order chi connectivity index (χ1) is 5.73. The molecular weight excluding hydrogens is 154 g/mol. The zero-order valence-electron chi connectivity index (χ0n) is 7.62. The van der Waals surface area contributed by atoms with Crippen molar-refractivity contribution >= 4 is 0 Å². The van der Waals surface area contributed by atoms with Crippen LogP contribution >= 0.6 is 0 Å². The Hall–Kier alpha value is -0.120. The first-order valence-corrected chi connectivity index (χ1v) is 4.67. The number of aliphatic hydroxyl groups is 1. The molecule has 0 radical (unpaired) electrons. The Kier molecular flexibility index (Phi) is 2.10. The molecule has 2 saturated heterocycles. The summed E-state index contributed by atoms with van der Waals surface area (Å²) in [7, 11) is 2.06. The highest BCUT2D eigenvalue weighted by Crippen LogP contribution is 2.38. The van der Waals surface area contributed by atoms with Crippen LogP contribution in [0.5, 0.6) is 0 Å². The largest absolute Gasteiger partial charge is 0.391 e. The topological polar surface area (TPSA) is 32.7 Å². The molecule has 0 aromatic carbocycles. The van der Waals surface area contributed by atoms with Crippen LogP contribution in [0.2, 0.25) is 0 Å². The summed E-state index contributed by atoms with van der Waals surface area (Å²) < 4.78 is 5.36. The maximum Gasteiger partial charge on any atom is 0.0746 e. The third-order valence-electron chi connectivity index (χ3n) is 3.32. The van der Waals surface area contributed by atoms with E-state index in [0.29, 0.717) is 0 Å². The van der Waals surface area contributed by atoms with Crippen LogP contribution in [0.15, 0.2) is 0 Å². The van der Waals surface area contributed by atoms with E-state index in [1.54, 1.807) is 0 Å². The molecular formula is C9H17NO2. The second-order valence-corrected chi connectivity index (χ2v) is 4.19. The van der Waals surface area contributed by atoms with E-state index in [9.17, 15) is 5.11 Å². The second-order valence-electron chi connectivity index (χ2n) is 4.19. The van der Waals surface area contributed by atoms with Gasteiger partial charge in [-0.25, -0.2) is 0 Å². The highest BCUT2D eigenvalue weighted by molar-refractivity contribution is 4.94. The highest BCUT2D eigenvalue weighted by Gasteiger charge is 2.44. The van der Waals surface area contributed by atoms with Crippen molar-refractivity contribution in [3.05, 3.63) is 0 Å². The number of likely N-dealkylation sites (tertiary alicyclic amines) is 1. The Morgan fingerprint density at radius 1 is 1.50 bits per heavy atom. The summed E-state index contributed by atoms with van der Waals surface area (Å²) in [5, 5.41) is 9.91. The number of hydrogen-bond acceptors (Lipinski definition) is 3. The molecule has 3 nitrogen and oxygen atoms in total. The SMILES string of the molecule is CN1CC[C@@]2(CCOC2)[C@H](O)C1. The fraction of sp³-hybridized carbons (Fsp3) is 1.00. The summed E-state index contributed by atoms with van der Waals surface area (Å²) in [5.41, 5.74) is 0.104. The molecule has 3 heteroatoms. The maximum absolute atomic E-state index is 9.91. The monoisotopic (exact) mass is 171 g/mol. The molecule has 0 bridgehead atoms. The Balaban J connectivity index is 2.05. The van der Waals surface area contributed by atoms with Crippen LogP contribution in [-0.4, -0.2) is 49.5 Å². The number of β-amino-alcohol motifs (C(OH)–C–C–N with tert-alkyl or cyclic N) is 1. The molecule has 2 atom stereocenters. The summed E-state index contributed by atoms with van der Waals surface area (Å²) >= 11 is 0. The van der Waals surface area contributed by atoms with Crippen molar-refractivity contribution in [3.8, 4) is 0 Å². The molecule has 0 aromatic rings. The minimum atomic E-state index is -0.182. The molecule has 0 aliphatic carbocycles. The van der Waals surface area contributed by atoms with Gasteiger partial charge in [0.05, 0.1) is 12.7 Å². The average molecular weight is 171 g/mol. The van der Waals surface area contributed by atoms with Crippen LogP contribution in [0.25, 0.3) is 0 Å². The summed E-state index contributed by atoms with van der Waals surface area (Å²) in [5.74, 6) is 0. The lowest BCUT2D eigenvalue weighted by molar-refractivity contribution is -0.0421. The quantitative estimate of drug-likeness (QED) is 0.560. The Morgan fingerprint density at radius 2 is 2.33 bits per heavy atom. The van der Waals surface area contributed by atoms with Gasteiger partial charge in [-0.15, -0.1) is 0 Å². The normalized spacial score (nSPS) is 44.0. The van der Waals surface area contributed by atoms with Crippen LogP contribution in [0.3, 0.4) is 0 Å². The standard InChI is InChI=1S/C9H17NO2/c1-10-4-2-9(8(11)6-10)3-5-12-7-9/h8,11H,2-7H2,1H3/t8-,9+/m1/s1. The molecule has 0 unspecified atom stereocenters. The molecule has 2 rings (SSSR count). The van der Waals surface area contributed by atoms with Crippen molar-refractivity contribution in [3.63, 3.8) is 0 Å². The van der Waals surface area contributed by atoms with Crippen LogP contribution in [-0.2, 0) is 4.74 Å². The van der Waals surface area contributed by atoms with Crippen LogP contribution in [0.4, 0.5) is 0 Å². The summed E-state index contributed by atoms with van der Waals surface area (Å²) in [4.78, 5) is 2.19. The lowest BCUT2D eigenvalue weighted by atomic mass is 9.76. The Labute approximate surface area is 73.3 Å². The number of piperidine rings is 1. The van der Waals surface area contributed by atoms with Crippen LogP contribution < -0.4 is 0 Å².